The molecule has 154 valence electrons. The minimum Gasteiger partial charge on any atom is -0.496 e. The number of rotatable bonds is 4. The van der Waals surface area contributed by atoms with Crippen LogP contribution in [0.4, 0.5) is 26.3 Å². The molecule has 3 rings (SSSR count). The molecule has 0 aliphatic carbocycles. The minimum atomic E-state index is -4.96. The number of piperazine rings is 1. The van der Waals surface area contributed by atoms with Crippen molar-refractivity contribution in [2.75, 3.05) is 33.3 Å². The van der Waals surface area contributed by atoms with Gasteiger partial charge in [0.05, 0.1) is 24.3 Å². The van der Waals surface area contributed by atoms with E-state index >= 15 is 0 Å². The van der Waals surface area contributed by atoms with Gasteiger partial charge >= 0.3 is 12.4 Å². The molecule has 1 aliphatic rings. The molecule has 0 unspecified atom stereocenters. The first-order valence-electron chi connectivity index (χ1n) is 8.47. The summed E-state index contributed by atoms with van der Waals surface area (Å²) in [5, 5.41) is 4.86. The first kappa shape index (κ1) is 20.9. The largest absolute Gasteiger partial charge is 0.496 e. The van der Waals surface area contributed by atoms with Crippen LogP contribution < -0.4 is 10.1 Å². The number of hydrogen-bond donors (Lipinski definition) is 1. The topological polar surface area (TPSA) is 24.5 Å². The maximum absolute atomic E-state index is 13.9. The summed E-state index contributed by atoms with van der Waals surface area (Å²) in [6.45, 7) is 2.08. The predicted molar refractivity (Wildman–Crippen MR) is 93.6 cm³/mol. The number of thiophene rings is 1. The molecule has 10 heteroatoms. The second kappa shape index (κ2) is 7.92. The number of benzene rings is 1. The molecule has 1 N–H and O–H groups in total. The molecule has 0 bridgehead atoms. The van der Waals surface area contributed by atoms with Crippen LogP contribution in [-0.4, -0.2) is 38.2 Å². The second-order valence-corrected chi connectivity index (χ2v) is 7.32. The van der Waals surface area contributed by atoms with Gasteiger partial charge in [-0.2, -0.15) is 26.3 Å². The predicted octanol–water partition coefficient (Wildman–Crippen LogP) is 4.79. The van der Waals surface area contributed by atoms with Crippen LogP contribution in [0, 0.1) is 0 Å². The van der Waals surface area contributed by atoms with Crippen molar-refractivity contribution in [1.29, 1.82) is 0 Å². The molecule has 28 heavy (non-hydrogen) atoms. The molecule has 0 saturated carbocycles. The average molecular weight is 424 g/mol. The smallest absolute Gasteiger partial charge is 0.416 e. The molecule has 1 atom stereocenters. The average Bonchev–Trinajstić information content (AvgIpc) is 3.15. The SMILES string of the molecule is COc1cc(C(F)(F)F)cc(C(F)(F)F)c1[C@@H](c1cccs1)N1CCNCC1. The van der Waals surface area contributed by atoms with Crippen LogP contribution >= 0.6 is 11.3 Å². The van der Waals surface area contributed by atoms with Crippen molar-refractivity contribution in [2.45, 2.75) is 18.4 Å². The Kier molecular flexibility index (Phi) is 5.92. The molecule has 0 amide bonds. The Bertz CT molecular complexity index is 798. The summed E-state index contributed by atoms with van der Waals surface area (Å²) >= 11 is 1.26. The number of nitrogens with one attached hydrogen (secondary N) is 1. The molecule has 0 spiro atoms. The zero-order valence-electron chi connectivity index (χ0n) is 14.8. The van der Waals surface area contributed by atoms with Crippen molar-refractivity contribution in [1.82, 2.24) is 10.2 Å². The zero-order chi connectivity index (χ0) is 20.5. The van der Waals surface area contributed by atoms with Gasteiger partial charge < -0.3 is 10.1 Å². The summed E-state index contributed by atoms with van der Waals surface area (Å²) in [5.74, 6) is -0.418. The highest BCUT2D eigenvalue weighted by Crippen LogP contribution is 2.47. The van der Waals surface area contributed by atoms with E-state index in [1.165, 1.54) is 11.3 Å². The van der Waals surface area contributed by atoms with Crippen LogP contribution in [-0.2, 0) is 12.4 Å². The van der Waals surface area contributed by atoms with Gasteiger partial charge in [-0.25, -0.2) is 0 Å². The number of ether oxygens (including phenoxy) is 1. The van der Waals surface area contributed by atoms with E-state index in [4.69, 9.17) is 4.74 Å². The molecule has 0 radical (unpaired) electrons. The Labute approximate surface area is 161 Å². The molecule has 1 aliphatic heterocycles. The lowest BCUT2D eigenvalue weighted by Gasteiger charge is -2.36. The molecule has 1 saturated heterocycles. The van der Waals surface area contributed by atoms with Gasteiger partial charge in [0.2, 0.25) is 0 Å². The normalized spacial score (nSPS) is 17.5. The number of nitrogens with zero attached hydrogens (tertiary/aromatic N) is 1. The standard InChI is InChI=1S/C18H18F6N2OS/c1-27-13-10-11(17(19,20)21)9-12(18(22,23)24)15(13)16(14-3-2-8-28-14)26-6-4-25-5-7-26/h2-3,8-10,16,25H,4-7H2,1H3/t16-/m1/s1. The van der Waals surface area contributed by atoms with Crippen molar-refractivity contribution >= 4 is 11.3 Å². The van der Waals surface area contributed by atoms with E-state index in [9.17, 15) is 26.3 Å². The lowest BCUT2D eigenvalue weighted by molar-refractivity contribution is -0.144. The van der Waals surface area contributed by atoms with Gasteiger partial charge in [0, 0.05) is 36.6 Å². The molecular formula is C18H18F6N2OS. The number of alkyl halides is 6. The van der Waals surface area contributed by atoms with E-state index in [2.05, 4.69) is 5.32 Å². The van der Waals surface area contributed by atoms with Crippen LogP contribution in [0.25, 0.3) is 0 Å². The van der Waals surface area contributed by atoms with E-state index in [0.717, 1.165) is 7.11 Å². The molecular weight excluding hydrogens is 406 g/mol. The lowest BCUT2D eigenvalue weighted by atomic mass is 9.93. The Morgan fingerprint density at radius 2 is 1.75 bits per heavy atom. The Morgan fingerprint density at radius 1 is 1.07 bits per heavy atom. The summed E-state index contributed by atoms with van der Waals surface area (Å²) in [6.07, 6.45) is -9.88. The van der Waals surface area contributed by atoms with E-state index in [1.54, 1.807) is 17.5 Å². The van der Waals surface area contributed by atoms with Gasteiger partial charge in [-0.1, -0.05) is 6.07 Å². The number of hydrogen-bond acceptors (Lipinski definition) is 4. The van der Waals surface area contributed by atoms with Crippen molar-refractivity contribution in [3.63, 3.8) is 0 Å². The van der Waals surface area contributed by atoms with Gasteiger partial charge in [0.25, 0.3) is 0 Å². The summed E-state index contributed by atoms with van der Waals surface area (Å²) < 4.78 is 86.2. The van der Waals surface area contributed by atoms with Gasteiger partial charge in [-0.3, -0.25) is 4.90 Å². The van der Waals surface area contributed by atoms with Crippen LogP contribution in [0.5, 0.6) is 5.75 Å². The van der Waals surface area contributed by atoms with Gasteiger partial charge in [-0.15, -0.1) is 11.3 Å². The van der Waals surface area contributed by atoms with Crippen molar-refractivity contribution < 1.29 is 31.1 Å². The summed E-state index contributed by atoms with van der Waals surface area (Å²) in [6, 6.07) is 3.37. The van der Waals surface area contributed by atoms with Crippen LogP contribution in [0.3, 0.4) is 0 Å². The highest BCUT2D eigenvalue weighted by Gasteiger charge is 2.43. The molecule has 1 fully saturated rings. The van der Waals surface area contributed by atoms with E-state index in [-0.39, 0.29) is 11.6 Å². The maximum atomic E-state index is 13.9. The number of halogens is 6. The highest BCUT2D eigenvalue weighted by molar-refractivity contribution is 7.10. The third-order valence-corrected chi connectivity index (χ3v) is 5.52. The third-order valence-electron chi connectivity index (χ3n) is 4.60. The lowest BCUT2D eigenvalue weighted by Crippen LogP contribution is -2.45. The first-order chi connectivity index (χ1) is 13.1. The Morgan fingerprint density at radius 3 is 2.25 bits per heavy atom. The van der Waals surface area contributed by atoms with Crippen LogP contribution in [0.15, 0.2) is 29.6 Å². The third kappa shape index (κ3) is 4.28. The minimum absolute atomic E-state index is 0.181. The van der Waals surface area contributed by atoms with Crippen molar-refractivity contribution in [2.24, 2.45) is 0 Å². The highest BCUT2D eigenvalue weighted by atomic mass is 32.1. The fourth-order valence-corrected chi connectivity index (χ4v) is 4.23. The van der Waals surface area contributed by atoms with Gasteiger partial charge in [-0.05, 0) is 23.6 Å². The van der Waals surface area contributed by atoms with Crippen LogP contribution in [0.2, 0.25) is 0 Å². The zero-order valence-corrected chi connectivity index (χ0v) is 15.6. The van der Waals surface area contributed by atoms with Crippen molar-refractivity contribution in [3.05, 3.63) is 51.2 Å². The molecule has 2 aromatic rings. The molecule has 3 nitrogen and oxygen atoms in total. The van der Waals surface area contributed by atoms with Crippen molar-refractivity contribution in [3.8, 4) is 5.75 Å². The van der Waals surface area contributed by atoms with E-state index in [0.29, 0.717) is 37.1 Å². The molecule has 2 heterocycles. The van der Waals surface area contributed by atoms with E-state index in [1.807, 2.05) is 4.90 Å². The monoisotopic (exact) mass is 424 g/mol. The Balaban J connectivity index is 2.26. The van der Waals surface area contributed by atoms with Gasteiger partial charge in [0.1, 0.15) is 5.75 Å². The Hall–Kier alpha value is -1.78. The molecule has 1 aromatic carbocycles. The quantitative estimate of drug-likeness (QED) is 0.715. The maximum Gasteiger partial charge on any atom is 0.416 e. The van der Waals surface area contributed by atoms with E-state index < -0.39 is 35.3 Å². The summed E-state index contributed by atoms with van der Waals surface area (Å²) in [5.41, 5.74) is -2.99. The molecule has 1 aromatic heterocycles. The van der Waals surface area contributed by atoms with Gasteiger partial charge in [0.15, 0.2) is 0 Å². The first-order valence-corrected chi connectivity index (χ1v) is 9.35. The number of methoxy groups -OCH3 is 1. The summed E-state index contributed by atoms with van der Waals surface area (Å²) in [4.78, 5) is 2.45. The van der Waals surface area contributed by atoms with Crippen LogP contribution in [0.1, 0.15) is 27.6 Å². The summed E-state index contributed by atoms with van der Waals surface area (Å²) in [7, 11) is 1.09. The second-order valence-electron chi connectivity index (χ2n) is 6.34. The fourth-order valence-electron chi connectivity index (χ4n) is 3.37. The fraction of sp³-hybridized carbons (Fsp3) is 0.444.